The highest BCUT2D eigenvalue weighted by Gasteiger charge is 2.40. The Morgan fingerprint density at radius 3 is 2.33 bits per heavy atom. The largest absolute Gasteiger partial charge is 0.395 e. The van der Waals surface area contributed by atoms with Gasteiger partial charge in [0.2, 0.25) is 0 Å². The van der Waals surface area contributed by atoms with Crippen LogP contribution in [0.2, 0.25) is 0 Å². The van der Waals surface area contributed by atoms with E-state index in [1.807, 2.05) is 0 Å². The minimum Gasteiger partial charge on any atom is -0.395 e. The summed E-state index contributed by atoms with van der Waals surface area (Å²) in [7, 11) is 0. The van der Waals surface area contributed by atoms with Gasteiger partial charge in [-0.15, -0.1) is 0 Å². The van der Waals surface area contributed by atoms with Gasteiger partial charge >= 0.3 is 0 Å². The first kappa shape index (κ1) is 6.99. The van der Waals surface area contributed by atoms with Crippen LogP contribution in [0, 0.1) is 0 Å². The zero-order valence-corrected chi connectivity index (χ0v) is 5.43. The van der Waals surface area contributed by atoms with E-state index in [0.717, 1.165) is 12.8 Å². The number of nitrogens with one attached hydrogen (secondary N) is 1. The van der Waals surface area contributed by atoms with Crippen LogP contribution in [0.1, 0.15) is 12.8 Å². The molecule has 0 aromatic rings. The summed E-state index contributed by atoms with van der Waals surface area (Å²) in [5, 5.41) is 20.2. The van der Waals surface area contributed by atoms with Crippen molar-refractivity contribution in [3.8, 4) is 0 Å². The number of aliphatic hydroxyl groups excluding tert-OH is 2. The number of hydrogen-bond acceptors (Lipinski definition) is 3. The van der Waals surface area contributed by atoms with Crippen LogP contribution >= 0.6 is 0 Å². The molecule has 0 saturated heterocycles. The predicted molar refractivity (Wildman–Crippen MR) is 34.1 cm³/mol. The van der Waals surface area contributed by atoms with Crippen LogP contribution in [-0.4, -0.2) is 35.5 Å². The third-order valence-electron chi connectivity index (χ3n) is 1.77. The molecule has 3 heteroatoms. The van der Waals surface area contributed by atoms with Gasteiger partial charge < -0.3 is 15.5 Å². The Bertz CT molecular complexity index is 91.1. The predicted octanol–water partition coefficient (Wildman–Crippen LogP) is -0.907. The smallest absolute Gasteiger partial charge is 0.0613 e. The average molecular weight is 131 g/mol. The van der Waals surface area contributed by atoms with Gasteiger partial charge in [0.1, 0.15) is 0 Å². The van der Waals surface area contributed by atoms with E-state index in [2.05, 4.69) is 5.32 Å². The molecule has 0 aliphatic heterocycles. The van der Waals surface area contributed by atoms with Gasteiger partial charge in [0.15, 0.2) is 0 Å². The first-order valence-electron chi connectivity index (χ1n) is 3.30. The van der Waals surface area contributed by atoms with Crippen molar-refractivity contribution in [3.05, 3.63) is 0 Å². The molecule has 1 rings (SSSR count). The molecule has 0 radical (unpaired) electrons. The van der Waals surface area contributed by atoms with E-state index < -0.39 is 0 Å². The van der Waals surface area contributed by atoms with Gasteiger partial charge in [0.25, 0.3) is 0 Å². The third-order valence-corrected chi connectivity index (χ3v) is 1.77. The first-order valence-corrected chi connectivity index (χ1v) is 3.30. The highest BCUT2D eigenvalue weighted by Crippen LogP contribution is 2.33. The molecule has 0 atom stereocenters. The molecule has 9 heavy (non-hydrogen) atoms. The quantitative estimate of drug-likeness (QED) is 0.463. The van der Waals surface area contributed by atoms with Gasteiger partial charge in [-0.1, -0.05) is 0 Å². The zero-order valence-electron chi connectivity index (χ0n) is 5.43. The lowest BCUT2D eigenvalue weighted by atomic mass is 10.3. The minimum atomic E-state index is -0.0112. The summed E-state index contributed by atoms with van der Waals surface area (Å²) in [5.41, 5.74) is -0.0112. The molecular weight excluding hydrogens is 118 g/mol. The number of hydrogen-bond donors (Lipinski definition) is 3. The summed E-state index contributed by atoms with van der Waals surface area (Å²) >= 11 is 0. The molecular formula is C6H13NO2. The standard InChI is InChI=1S/C6H13NO2/c8-4-3-7-6(5-9)1-2-6/h7-9H,1-5H2. The molecule has 0 bridgehead atoms. The lowest BCUT2D eigenvalue weighted by Gasteiger charge is -2.11. The third kappa shape index (κ3) is 1.64. The molecule has 0 aromatic heterocycles. The maximum atomic E-state index is 8.74. The molecule has 54 valence electrons. The fourth-order valence-corrected chi connectivity index (χ4v) is 0.863. The van der Waals surface area contributed by atoms with Gasteiger partial charge in [-0.05, 0) is 12.8 Å². The monoisotopic (exact) mass is 131 g/mol. The van der Waals surface area contributed by atoms with Crippen molar-refractivity contribution in [2.24, 2.45) is 0 Å². The zero-order chi connectivity index (χ0) is 6.74. The maximum Gasteiger partial charge on any atom is 0.0613 e. The lowest BCUT2D eigenvalue weighted by molar-refractivity contribution is 0.215. The van der Waals surface area contributed by atoms with Crippen molar-refractivity contribution >= 4 is 0 Å². The Kier molecular flexibility index (Phi) is 2.05. The maximum absolute atomic E-state index is 8.74. The van der Waals surface area contributed by atoms with Crippen LogP contribution in [0.25, 0.3) is 0 Å². The average Bonchev–Trinajstić information content (AvgIpc) is 2.65. The first-order chi connectivity index (χ1) is 4.33. The molecule has 0 amide bonds. The summed E-state index contributed by atoms with van der Waals surface area (Å²) in [6.45, 7) is 0.954. The van der Waals surface area contributed by atoms with E-state index in [1.165, 1.54) is 0 Å². The van der Waals surface area contributed by atoms with E-state index in [0.29, 0.717) is 6.54 Å². The number of β-amino-alcohol motifs (C(OH)–C–C–N with tert-alkyl or cyclic N) is 1. The summed E-state index contributed by atoms with van der Waals surface area (Å²) in [4.78, 5) is 0. The Morgan fingerprint density at radius 1 is 1.33 bits per heavy atom. The summed E-state index contributed by atoms with van der Waals surface area (Å²) in [6.07, 6.45) is 2.09. The van der Waals surface area contributed by atoms with E-state index in [4.69, 9.17) is 10.2 Å². The van der Waals surface area contributed by atoms with Crippen LogP contribution in [-0.2, 0) is 0 Å². The Morgan fingerprint density at radius 2 is 2.00 bits per heavy atom. The van der Waals surface area contributed by atoms with Crippen molar-refractivity contribution in [2.45, 2.75) is 18.4 Å². The van der Waals surface area contributed by atoms with Gasteiger partial charge in [0, 0.05) is 12.1 Å². The summed E-state index contributed by atoms with van der Waals surface area (Å²) in [6, 6.07) is 0. The van der Waals surface area contributed by atoms with E-state index in [-0.39, 0.29) is 18.8 Å². The molecule has 1 fully saturated rings. The summed E-state index contributed by atoms with van der Waals surface area (Å²) in [5.74, 6) is 0. The molecule has 1 aliphatic carbocycles. The van der Waals surface area contributed by atoms with Gasteiger partial charge in [-0.3, -0.25) is 0 Å². The van der Waals surface area contributed by atoms with Crippen molar-refractivity contribution < 1.29 is 10.2 Å². The fraction of sp³-hybridized carbons (Fsp3) is 1.00. The molecule has 1 saturated carbocycles. The topological polar surface area (TPSA) is 52.5 Å². The second-order valence-electron chi connectivity index (χ2n) is 2.59. The van der Waals surface area contributed by atoms with Crippen LogP contribution < -0.4 is 5.32 Å². The molecule has 0 unspecified atom stereocenters. The highest BCUT2D eigenvalue weighted by atomic mass is 16.3. The Labute approximate surface area is 54.7 Å². The second-order valence-corrected chi connectivity index (χ2v) is 2.59. The van der Waals surface area contributed by atoms with Crippen molar-refractivity contribution in [1.29, 1.82) is 0 Å². The van der Waals surface area contributed by atoms with Crippen LogP contribution in [0.15, 0.2) is 0 Å². The van der Waals surface area contributed by atoms with Gasteiger partial charge in [0.05, 0.1) is 13.2 Å². The summed E-state index contributed by atoms with van der Waals surface area (Å²) < 4.78 is 0. The van der Waals surface area contributed by atoms with Crippen molar-refractivity contribution in [2.75, 3.05) is 19.8 Å². The SMILES string of the molecule is OCCNC1(CO)CC1. The number of aliphatic hydroxyl groups is 2. The minimum absolute atomic E-state index is 0.0112. The van der Waals surface area contributed by atoms with E-state index >= 15 is 0 Å². The van der Waals surface area contributed by atoms with E-state index in [1.54, 1.807) is 0 Å². The molecule has 0 spiro atoms. The molecule has 3 nitrogen and oxygen atoms in total. The highest BCUT2D eigenvalue weighted by molar-refractivity contribution is 5.01. The van der Waals surface area contributed by atoms with Gasteiger partial charge in [-0.2, -0.15) is 0 Å². The molecule has 1 aliphatic rings. The Hall–Kier alpha value is -0.120. The molecule has 0 heterocycles. The Balaban J connectivity index is 2.10. The van der Waals surface area contributed by atoms with Crippen molar-refractivity contribution in [3.63, 3.8) is 0 Å². The van der Waals surface area contributed by atoms with Crippen LogP contribution in [0.5, 0.6) is 0 Å². The van der Waals surface area contributed by atoms with E-state index in [9.17, 15) is 0 Å². The molecule has 3 N–H and O–H groups in total. The normalized spacial score (nSPS) is 22.0. The van der Waals surface area contributed by atoms with Crippen LogP contribution in [0.4, 0.5) is 0 Å². The second kappa shape index (κ2) is 2.64. The number of rotatable bonds is 4. The molecule has 0 aromatic carbocycles. The van der Waals surface area contributed by atoms with Crippen LogP contribution in [0.3, 0.4) is 0 Å². The van der Waals surface area contributed by atoms with Gasteiger partial charge in [-0.25, -0.2) is 0 Å². The lowest BCUT2D eigenvalue weighted by Crippen LogP contribution is -2.36. The van der Waals surface area contributed by atoms with Crippen molar-refractivity contribution in [1.82, 2.24) is 5.32 Å². The fourth-order valence-electron chi connectivity index (χ4n) is 0.863.